The van der Waals surface area contributed by atoms with Crippen molar-refractivity contribution in [1.82, 2.24) is 9.80 Å². The van der Waals surface area contributed by atoms with Gasteiger partial charge in [0, 0.05) is 38.3 Å². The first kappa shape index (κ1) is 18.9. The fraction of sp³-hybridized carbons (Fsp3) is 0.909. The highest BCUT2D eigenvalue weighted by atomic mass is 16.5. The van der Waals surface area contributed by atoms with E-state index >= 15 is 0 Å². The third kappa shape index (κ3) is 3.26. The molecule has 2 aliphatic carbocycles. The van der Waals surface area contributed by atoms with Crippen LogP contribution in [0.3, 0.4) is 0 Å². The van der Waals surface area contributed by atoms with Crippen LogP contribution < -0.4 is 0 Å². The third-order valence-electron chi connectivity index (χ3n) is 7.83. The maximum absolute atomic E-state index is 13.1. The molecule has 0 aromatic heterocycles. The van der Waals surface area contributed by atoms with Gasteiger partial charge in [0.15, 0.2) is 6.10 Å². The van der Waals surface area contributed by atoms with E-state index in [9.17, 15) is 9.59 Å². The molecule has 2 saturated carbocycles. The van der Waals surface area contributed by atoms with Gasteiger partial charge in [0.2, 0.25) is 5.91 Å². The summed E-state index contributed by atoms with van der Waals surface area (Å²) in [6.07, 6.45) is 10.3. The van der Waals surface area contributed by atoms with Crippen molar-refractivity contribution in [3.8, 4) is 0 Å². The van der Waals surface area contributed by atoms with Crippen LogP contribution in [0.2, 0.25) is 0 Å². The number of nitrogens with zero attached hydrogens (tertiary/aromatic N) is 2. The molecule has 6 heteroatoms. The number of carbonyl (C=O) groups excluding carboxylic acids is 2. The number of hydrogen-bond donors (Lipinski definition) is 0. The van der Waals surface area contributed by atoms with Crippen molar-refractivity contribution in [3.05, 3.63) is 0 Å². The zero-order chi connectivity index (χ0) is 19.1. The van der Waals surface area contributed by atoms with Crippen molar-refractivity contribution in [2.75, 3.05) is 32.9 Å². The Labute approximate surface area is 167 Å². The number of ether oxygens (including phenoxy) is 2. The number of likely N-dealkylation sites (tertiary alicyclic amines) is 2. The zero-order valence-electron chi connectivity index (χ0n) is 16.9. The maximum atomic E-state index is 13.1. The molecule has 1 atom stereocenters. The van der Waals surface area contributed by atoms with E-state index in [2.05, 4.69) is 9.80 Å². The molecule has 3 heterocycles. The largest absolute Gasteiger partial charge is 0.381 e. The summed E-state index contributed by atoms with van der Waals surface area (Å²) < 4.78 is 11.8. The first-order valence-corrected chi connectivity index (χ1v) is 11.5. The lowest BCUT2D eigenvalue weighted by atomic mass is 9.72. The average molecular weight is 391 g/mol. The van der Waals surface area contributed by atoms with Gasteiger partial charge < -0.3 is 19.3 Å². The summed E-state index contributed by atoms with van der Waals surface area (Å²) in [6, 6.07) is 0.249. The topological polar surface area (TPSA) is 59.1 Å². The molecule has 3 aliphatic heterocycles. The van der Waals surface area contributed by atoms with Crippen LogP contribution >= 0.6 is 0 Å². The lowest BCUT2D eigenvalue weighted by molar-refractivity contribution is -0.219. The number of rotatable bonds is 5. The average Bonchev–Trinajstić information content (AvgIpc) is 3.39. The molecular formula is C22H34N2O4. The Morgan fingerprint density at radius 3 is 2.36 bits per heavy atom. The van der Waals surface area contributed by atoms with Crippen molar-refractivity contribution in [3.63, 3.8) is 0 Å². The Kier molecular flexibility index (Phi) is 5.12. The van der Waals surface area contributed by atoms with Crippen molar-refractivity contribution < 1.29 is 19.1 Å². The van der Waals surface area contributed by atoms with Gasteiger partial charge in [0.1, 0.15) is 0 Å². The summed E-state index contributed by atoms with van der Waals surface area (Å²) >= 11 is 0. The highest BCUT2D eigenvalue weighted by Gasteiger charge is 2.63. The molecule has 0 N–H and O–H groups in total. The summed E-state index contributed by atoms with van der Waals surface area (Å²) in [7, 11) is 0. The maximum Gasteiger partial charge on any atom is 0.254 e. The molecule has 0 radical (unpaired) electrons. The number of hydrogen-bond acceptors (Lipinski definition) is 4. The van der Waals surface area contributed by atoms with Crippen molar-refractivity contribution >= 4 is 11.8 Å². The smallest absolute Gasteiger partial charge is 0.254 e. The van der Waals surface area contributed by atoms with Crippen LogP contribution in [0.4, 0.5) is 0 Å². The molecule has 3 saturated heterocycles. The molecule has 0 aromatic carbocycles. The first-order valence-electron chi connectivity index (χ1n) is 11.5. The van der Waals surface area contributed by atoms with Gasteiger partial charge in [-0.3, -0.25) is 9.59 Å². The minimum atomic E-state index is -0.268. The molecule has 0 bridgehead atoms. The minimum absolute atomic E-state index is 0.160. The van der Waals surface area contributed by atoms with Crippen LogP contribution in [-0.4, -0.2) is 72.2 Å². The molecule has 1 spiro atoms. The fourth-order valence-corrected chi connectivity index (χ4v) is 5.93. The summed E-state index contributed by atoms with van der Waals surface area (Å²) in [5.74, 6) is 1.47. The molecule has 5 fully saturated rings. The van der Waals surface area contributed by atoms with Gasteiger partial charge in [-0.05, 0) is 57.3 Å². The highest BCUT2D eigenvalue weighted by molar-refractivity contribution is 5.91. The number of amides is 2. The van der Waals surface area contributed by atoms with E-state index in [-0.39, 0.29) is 29.5 Å². The monoisotopic (exact) mass is 390 g/mol. The quantitative estimate of drug-likeness (QED) is 0.676. The summed E-state index contributed by atoms with van der Waals surface area (Å²) in [4.78, 5) is 30.0. The second-order valence-electron chi connectivity index (χ2n) is 9.62. The van der Waals surface area contributed by atoms with Gasteiger partial charge in [-0.25, -0.2) is 0 Å². The molecule has 5 aliphatic rings. The van der Waals surface area contributed by atoms with Crippen LogP contribution in [0.1, 0.15) is 64.2 Å². The predicted octanol–water partition coefficient (Wildman–Crippen LogP) is 2.35. The lowest BCUT2D eigenvalue weighted by Gasteiger charge is -2.62. The Bertz CT molecular complexity index is 600. The fourth-order valence-electron chi connectivity index (χ4n) is 5.93. The van der Waals surface area contributed by atoms with Crippen molar-refractivity contribution in [1.29, 1.82) is 0 Å². The van der Waals surface area contributed by atoms with Crippen LogP contribution in [0.15, 0.2) is 0 Å². The minimum Gasteiger partial charge on any atom is -0.381 e. The summed E-state index contributed by atoms with van der Waals surface area (Å²) in [5.41, 5.74) is -0.160. The Balaban J connectivity index is 1.22. The van der Waals surface area contributed by atoms with Gasteiger partial charge in [-0.1, -0.05) is 12.8 Å². The van der Waals surface area contributed by atoms with Crippen LogP contribution in [0, 0.1) is 11.8 Å². The van der Waals surface area contributed by atoms with Crippen LogP contribution in [0.5, 0.6) is 0 Å². The van der Waals surface area contributed by atoms with E-state index in [0.717, 1.165) is 58.2 Å². The Hall–Kier alpha value is -1.14. The van der Waals surface area contributed by atoms with E-state index in [1.807, 2.05) is 0 Å². The van der Waals surface area contributed by atoms with Crippen molar-refractivity contribution in [2.45, 2.75) is 81.9 Å². The molecule has 1 unspecified atom stereocenters. The molecule has 156 valence electrons. The standard InChI is InChI=1S/C22H34N2O4/c25-20(17-3-1-2-4-17)23-11-7-18(8-12-23)24-21(26)19(28-15-16-5-6-16)22(24)9-13-27-14-10-22/h16-19H,1-15H2. The molecule has 28 heavy (non-hydrogen) atoms. The lowest BCUT2D eigenvalue weighted by Crippen LogP contribution is -2.79. The predicted molar refractivity (Wildman–Crippen MR) is 104 cm³/mol. The van der Waals surface area contributed by atoms with Crippen LogP contribution in [0.25, 0.3) is 0 Å². The van der Waals surface area contributed by atoms with E-state index in [0.29, 0.717) is 25.0 Å². The highest BCUT2D eigenvalue weighted by Crippen LogP contribution is 2.46. The Morgan fingerprint density at radius 1 is 1.04 bits per heavy atom. The zero-order valence-corrected chi connectivity index (χ0v) is 16.9. The molecule has 0 aromatic rings. The van der Waals surface area contributed by atoms with E-state index < -0.39 is 0 Å². The number of piperidine rings is 1. The molecular weight excluding hydrogens is 356 g/mol. The first-order chi connectivity index (χ1) is 13.7. The van der Waals surface area contributed by atoms with Gasteiger partial charge in [0.25, 0.3) is 5.91 Å². The molecule has 2 amide bonds. The number of carbonyl (C=O) groups is 2. The van der Waals surface area contributed by atoms with E-state index in [1.54, 1.807) is 0 Å². The Morgan fingerprint density at radius 2 is 1.71 bits per heavy atom. The van der Waals surface area contributed by atoms with Gasteiger partial charge >= 0.3 is 0 Å². The van der Waals surface area contributed by atoms with Crippen molar-refractivity contribution in [2.24, 2.45) is 11.8 Å². The molecule has 5 rings (SSSR count). The molecule has 6 nitrogen and oxygen atoms in total. The van der Waals surface area contributed by atoms with E-state index in [1.165, 1.54) is 25.7 Å². The van der Waals surface area contributed by atoms with Crippen LogP contribution in [-0.2, 0) is 19.1 Å². The van der Waals surface area contributed by atoms with E-state index in [4.69, 9.17) is 9.47 Å². The third-order valence-corrected chi connectivity index (χ3v) is 7.83. The SMILES string of the molecule is O=C(C1CCCC1)N1CCC(N2C(=O)C(OCC3CC3)C23CCOCC3)CC1. The normalized spacial score (nSPS) is 31.4. The second kappa shape index (κ2) is 7.60. The van der Waals surface area contributed by atoms with Gasteiger partial charge in [0.05, 0.1) is 12.1 Å². The second-order valence-corrected chi connectivity index (χ2v) is 9.62. The van der Waals surface area contributed by atoms with Gasteiger partial charge in [-0.2, -0.15) is 0 Å². The summed E-state index contributed by atoms with van der Waals surface area (Å²) in [5, 5.41) is 0. The van der Waals surface area contributed by atoms with Gasteiger partial charge in [-0.15, -0.1) is 0 Å². The number of β-lactam (4-membered cyclic amide) rings is 1. The summed E-state index contributed by atoms with van der Waals surface area (Å²) in [6.45, 7) is 3.76.